The van der Waals surface area contributed by atoms with Gasteiger partial charge in [0.25, 0.3) is 5.91 Å². The van der Waals surface area contributed by atoms with Crippen molar-refractivity contribution in [1.82, 2.24) is 19.7 Å². The zero-order valence-corrected chi connectivity index (χ0v) is 29.6. The minimum absolute atomic E-state index is 0.0768. The van der Waals surface area contributed by atoms with E-state index in [4.69, 9.17) is 4.74 Å². The predicted octanol–water partition coefficient (Wildman–Crippen LogP) is 5.79. The van der Waals surface area contributed by atoms with E-state index in [1.165, 1.54) is 11.3 Å². The molecule has 4 heterocycles. The minimum Gasteiger partial charge on any atom is -0.493 e. The highest BCUT2D eigenvalue weighted by molar-refractivity contribution is 7.22. The number of pyridine rings is 1. The van der Waals surface area contributed by atoms with Crippen LogP contribution in [0.4, 0.5) is 10.9 Å². The fourth-order valence-electron chi connectivity index (χ4n) is 6.22. The Morgan fingerprint density at radius 1 is 0.962 bits per heavy atom. The van der Waals surface area contributed by atoms with E-state index in [1.807, 2.05) is 83.2 Å². The van der Waals surface area contributed by atoms with E-state index in [0.29, 0.717) is 59.4 Å². The second-order valence-corrected chi connectivity index (χ2v) is 14.3. The number of para-hydroxylation sites is 1. The molecule has 1 aliphatic heterocycles. The first-order chi connectivity index (χ1) is 25.1. The van der Waals surface area contributed by atoms with E-state index < -0.39 is 11.4 Å². The molecule has 7 rings (SSSR count). The van der Waals surface area contributed by atoms with Crippen LogP contribution in [0, 0.1) is 12.3 Å². The lowest BCUT2D eigenvalue weighted by Crippen LogP contribution is -2.33. The largest absolute Gasteiger partial charge is 0.493 e. The average Bonchev–Trinajstić information content (AvgIpc) is 3.75. The molecule has 1 aliphatic rings. The number of rotatable bonds is 12. The predicted molar refractivity (Wildman–Crippen MR) is 199 cm³/mol. The van der Waals surface area contributed by atoms with Gasteiger partial charge in [-0.05, 0) is 72.5 Å². The third-order valence-electron chi connectivity index (χ3n) is 9.44. The van der Waals surface area contributed by atoms with Crippen molar-refractivity contribution in [2.45, 2.75) is 33.4 Å². The molecule has 0 saturated carbocycles. The maximum absolute atomic E-state index is 13.5. The molecule has 0 aliphatic carbocycles. The normalized spacial score (nSPS) is 12.9. The number of fused-ring (bicyclic) bond motifs is 2. The lowest BCUT2D eigenvalue weighted by molar-refractivity contribution is 0.0287. The number of aliphatic hydroxyl groups excluding tert-OH is 2. The molecule has 12 nitrogen and oxygen atoms in total. The van der Waals surface area contributed by atoms with Gasteiger partial charge in [-0.1, -0.05) is 54.7 Å². The highest BCUT2D eigenvalue weighted by atomic mass is 32.1. The fraction of sp³-hybridized carbons (Fsp3) is 0.256. The SMILES string of the molecule is Cc1c(-c2ccc(N3CCc4cccc(C(=O)Nc5nc6ccccc6s5)c4C3)nc2C(=O)O)cnn1Cc1ccc(OCC(C)(CO)CO)cc1. The van der Waals surface area contributed by atoms with Gasteiger partial charge in [0.05, 0.1) is 42.8 Å². The molecule has 1 amide bonds. The van der Waals surface area contributed by atoms with Gasteiger partial charge in [-0.2, -0.15) is 5.10 Å². The van der Waals surface area contributed by atoms with Crippen molar-refractivity contribution in [3.05, 3.63) is 119 Å². The molecule has 52 heavy (non-hydrogen) atoms. The summed E-state index contributed by atoms with van der Waals surface area (Å²) in [4.78, 5) is 37.3. The van der Waals surface area contributed by atoms with Gasteiger partial charge in [-0.25, -0.2) is 14.8 Å². The van der Waals surface area contributed by atoms with Crippen LogP contribution in [0.2, 0.25) is 0 Å². The molecule has 13 heteroatoms. The number of carboxylic acids is 1. The van der Waals surface area contributed by atoms with Crippen LogP contribution in [0.25, 0.3) is 21.3 Å². The Bertz CT molecular complexity index is 2230. The molecule has 3 aromatic carbocycles. The first-order valence-electron chi connectivity index (χ1n) is 16.9. The van der Waals surface area contributed by atoms with Gasteiger partial charge >= 0.3 is 5.97 Å². The van der Waals surface area contributed by atoms with Crippen molar-refractivity contribution in [2.75, 3.05) is 36.6 Å². The van der Waals surface area contributed by atoms with Crippen LogP contribution >= 0.6 is 11.3 Å². The van der Waals surface area contributed by atoms with Crippen LogP contribution in [0.1, 0.15) is 50.2 Å². The summed E-state index contributed by atoms with van der Waals surface area (Å²) in [5, 5.41) is 37.4. The molecule has 4 N–H and O–H groups in total. The number of carbonyl (C=O) groups is 2. The third kappa shape index (κ3) is 7.11. The summed E-state index contributed by atoms with van der Waals surface area (Å²) in [6.07, 6.45) is 2.33. The fourth-order valence-corrected chi connectivity index (χ4v) is 7.08. The Morgan fingerprint density at radius 3 is 2.50 bits per heavy atom. The highest BCUT2D eigenvalue weighted by Crippen LogP contribution is 2.32. The first kappa shape index (κ1) is 34.8. The number of hydrogen-bond acceptors (Lipinski definition) is 10. The maximum Gasteiger partial charge on any atom is 0.355 e. The number of aromatic nitrogens is 4. The smallest absolute Gasteiger partial charge is 0.355 e. The molecule has 0 atom stereocenters. The summed E-state index contributed by atoms with van der Waals surface area (Å²) in [5.41, 5.74) is 5.39. The summed E-state index contributed by atoms with van der Waals surface area (Å²) in [5.74, 6) is -0.258. The number of nitrogens with one attached hydrogen (secondary N) is 1. The third-order valence-corrected chi connectivity index (χ3v) is 10.4. The van der Waals surface area contributed by atoms with E-state index in [2.05, 4.69) is 20.4 Å². The monoisotopic (exact) mass is 718 g/mol. The van der Waals surface area contributed by atoms with Crippen molar-refractivity contribution in [3.63, 3.8) is 0 Å². The molecular weight excluding hydrogens is 681 g/mol. The first-order valence-corrected chi connectivity index (χ1v) is 17.7. The highest BCUT2D eigenvalue weighted by Gasteiger charge is 2.26. The molecule has 0 fully saturated rings. The lowest BCUT2D eigenvalue weighted by atomic mass is 9.94. The van der Waals surface area contributed by atoms with Gasteiger partial charge in [0.2, 0.25) is 0 Å². The van der Waals surface area contributed by atoms with Gasteiger partial charge < -0.3 is 25.0 Å². The molecule has 6 aromatic rings. The summed E-state index contributed by atoms with van der Waals surface area (Å²) < 4.78 is 8.57. The van der Waals surface area contributed by atoms with Crippen LogP contribution in [0.15, 0.2) is 85.1 Å². The van der Waals surface area contributed by atoms with Crippen LogP contribution in [-0.2, 0) is 19.5 Å². The van der Waals surface area contributed by atoms with Crippen molar-refractivity contribution in [1.29, 1.82) is 0 Å². The minimum atomic E-state index is -1.15. The van der Waals surface area contributed by atoms with E-state index >= 15 is 0 Å². The Labute approximate surface area is 304 Å². The number of amides is 1. The summed E-state index contributed by atoms with van der Waals surface area (Å²) in [6.45, 7) is 4.90. The summed E-state index contributed by atoms with van der Waals surface area (Å²) >= 11 is 1.42. The van der Waals surface area contributed by atoms with Gasteiger partial charge in [-0.3, -0.25) is 14.8 Å². The molecule has 0 spiro atoms. The number of carbonyl (C=O) groups excluding carboxylic acids is 1. The van der Waals surface area contributed by atoms with Crippen molar-refractivity contribution in [2.24, 2.45) is 5.41 Å². The molecule has 266 valence electrons. The number of nitrogens with zero attached hydrogens (tertiary/aromatic N) is 5. The lowest BCUT2D eigenvalue weighted by Gasteiger charge is -2.31. The van der Waals surface area contributed by atoms with Crippen molar-refractivity contribution >= 4 is 44.4 Å². The number of aliphatic hydroxyl groups is 2. The van der Waals surface area contributed by atoms with E-state index in [1.54, 1.807) is 25.3 Å². The van der Waals surface area contributed by atoms with Gasteiger partial charge in [0, 0.05) is 40.9 Å². The molecular formula is C39H38N6O6S. The van der Waals surface area contributed by atoms with E-state index in [-0.39, 0.29) is 31.4 Å². The maximum atomic E-state index is 13.5. The van der Waals surface area contributed by atoms with E-state index in [0.717, 1.165) is 32.6 Å². The summed E-state index contributed by atoms with van der Waals surface area (Å²) in [6, 6.07) is 24.5. The van der Waals surface area contributed by atoms with Crippen LogP contribution in [0.3, 0.4) is 0 Å². The molecule has 0 unspecified atom stereocenters. The molecule has 0 bridgehead atoms. The number of benzene rings is 3. The number of anilines is 2. The van der Waals surface area contributed by atoms with Crippen molar-refractivity contribution in [3.8, 4) is 16.9 Å². The van der Waals surface area contributed by atoms with E-state index in [9.17, 15) is 24.9 Å². The van der Waals surface area contributed by atoms with Crippen LogP contribution in [0.5, 0.6) is 5.75 Å². The Kier molecular flexibility index (Phi) is 9.73. The topological polar surface area (TPSA) is 163 Å². The average molecular weight is 719 g/mol. The van der Waals surface area contributed by atoms with Gasteiger partial charge in [0.15, 0.2) is 10.8 Å². The molecule has 0 radical (unpaired) electrons. The Hall–Kier alpha value is -5.63. The van der Waals surface area contributed by atoms with Gasteiger partial charge in [-0.15, -0.1) is 0 Å². The number of thiazole rings is 1. The quantitative estimate of drug-likeness (QED) is 0.122. The second kappa shape index (κ2) is 14.5. The Morgan fingerprint density at radius 2 is 1.75 bits per heavy atom. The molecule has 0 saturated heterocycles. The van der Waals surface area contributed by atoms with Crippen molar-refractivity contribution < 1.29 is 29.6 Å². The zero-order chi connectivity index (χ0) is 36.4. The number of hydrogen-bond donors (Lipinski definition) is 4. The Balaban J connectivity index is 1.08. The standard InChI is InChI=1S/C39H38N6O6S/c1-24-30(18-40-45(24)19-25-10-12-27(13-11-25)51-23-39(2,21-46)22-47)28-14-15-34(42-35(28)37(49)50)44-17-16-26-6-5-7-29(31(26)20-44)36(48)43-38-41-32-8-3-4-9-33(32)52-38/h3-15,18,46-47H,16-17,19-23H2,1-2H3,(H,49,50)(H,41,43,48). The molecule has 3 aromatic heterocycles. The number of carboxylic acid groups (broad SMARTS) is 1. The number of aromatic carboxylic acids is 1. The second-order valence-electron chi connectivity index (χ2n) is 13.3. The summed E-state index contributed by atoms with van der Waals surface area (Å²) in [7, 11) is 0. The van der Waals surface area contributed by atoms with Crippen LogP contribution in [-0.4, -0.2) is 73.3 Å². The number of ether oxygens (including phenoxy) is 1. The van der Waals surface area contributed by atoms with Crippen LogP contribution < -0.4 is 15.0 Å². The zero-order valence-electron chi connectivity index (χ0n) is 28.7. The van der Waals surface area contributed by atoms with Gasteiger partial charge in [0.1, 0.15) is 11.6 Å².